The molecule has 0 saturated heterocycles. The topological polar surface area (TPSA) is 46.5 Å². The molecule has 1 saturated carbocycles. The van der Waals surface area contributed by atoms with E-state index in [0.29, 0.717) is 24.4 Å². The lowest BCUT2D eigenvalue weighted by molar-refractivity contribution is -0.154. The van der Waals surface area contributed by atoms with E-state index >= 15 is 0 Å². The van der Waals surface area contributed by atoms with Crippen LogP contribution in [0.4, 0.5) is 0 Å². The number of carbonyl (C=O) groups excluding carboxylic acids is 1. The van der Waals surface area contributed by atoms with Crippen molar-refractivity contribution in [2.45, 2.75) is 53.6 Å². The molecular formula is C14H26O3. The summed E-state index contributed by atoms with van der Waals surface area (Å²) in [6.45, 7) is 10.2. The Hall–Kier alpha value is -0.570. The van der Waals surface area contributed by atoms with Crippen molar-refractivity contribution in [1.29, 1.82) is 0 Å². The SMILES string of the molecule is CC[C@H](O)[C@H]1C[C@H]1[C@H](C)COC(=O)C(C)(C)C. The van der Waals surface area contributed by atoms with Crippen LogP contribution in [0.5, 0.6) is 0 Å². The minimum absolute atomic E-state index is 0.141. The normalized spacial score (nSPS) is 27.4. The molecule has 1 aliphatic carbocycles. The first-order valence-electron chi connectivity index (χ1n) is 6.62. The zero-order valence-electron chi connectivity index (χ0n) is 11.7. The zero-order chi connectivity index (χ0) is 13.2. The lowest BCUT2D eigenvalue weighted by Gasteiger charge is -2.19. The fraction of sp³-hybridized carbons (Fsp3) is 0.929. The van der Waals surface area contributed by atoms with E-state index in [1.807, 2.05) is 27.7 Å². The molecule has 0 aromatic carbocycles. The van der Waals surface area contributed by atoms with Crippen LogP contribution < -0.4 is 0 Å². The predicted molar refractivity (Wildman–Crippen MR) is 67.5 cm³/mol. The highest BCUT2D eigenvalue weighted by Crippen LogP contribution is 2.47. The predicted octanol–water partition coefficient (Wildman–Crippen LogP) is 2.62. The van der Waals surface area contributed by atoms with Gasteiger partial charge in [-0.25, -0.2) is 0 Å². The molecule has 0 amide bonds. The second-order valence-electron chi connectivity index (χ2n) is 6.36. The Morgan fingerprint density at radius 2 is 2.00 bits per heavy atom. The molecule has 1 aliphatic rings. The highest BCUT2D eigenvalue weighted by Gasteiger charge is 2.45. The fourth-order valence-corrected chi connectivity index (χ4v) is 2.18. The molecule has 1 rings (SSSR count). The van der Waals surface area contributed by atoms with Crippen LogP contribution in [0.2, 0.25) is 0 Å². The molecule has 3 nitrogen and oxygen atoms in total. The maximum absolute atomic E-state index is 11.6. The van der Waals surface area contributed by atoms with Gasteiger partial charge >= 0.3 is 5.97 Å². The molecule has 0 aromatic rings. The monoisotopic (exact) mass is 242 g/mol. The van der Waals surface area contributed by atoms with Gasteiger partial charge in [-0.2, -0.15) is 0 Å². The van der Waals surface area contributed by atoms with Gasteiger partial charge in [0.2, 0.25) is 0 Å². The van der Waals surface area contributed by atoms with Gasteiger partial charge in [0, 0.05) is 0 Å². The Kier molecular flexibility index (Phi) is 4.59. The quantitative estimate of drug-likeness (QED) is 0.754. The van der Waals surface area contributed by atoms with E-state index in [4.69, 9.17) is 4.74 Å². The van der Waals surface area contributed by atoms with Crippen molar-refractivity contribution < 1.29 is 14.6 Å². The first-order valence-corrected chi connectivity index (χ1v) is 6.62. The Morgan fingerprint density at radius 1 is 1.41 bits per heavy atom. The van der Waals surface area contributed by atoms with E-state index in [-0.39, 0.29) is 12.1 Å². The summed E-state index contributed by atoms with van der Waals surface area (Å²) >= 11 is 0. The summed E-state index contributed by atoms with van der Waals surface area (Å²) in [5, 5.41) is 9.72. The lowest BCUT2D eigenvalue weighted by Crippen LogP contribution is -2.25. The molecule has 1 N–H and O–H groups in total. The van der Waals surface area contributed by atoms with Crippen molar-refractivity contribution in [1.82, 2.24) is 0 Å². The van der Waals surface area contributed by atoms with E-state index < -0.39 is 5.41 Å². The largest absolute Gasteiger partial charge is 0.465 e. The molecule has 100 valence electrons. The van der Waals surface area contributed by atoms with Crippen LogP contribution in [0.1, 0.15) is 47.5 Å². The number of hydrogen-bond donors (Lipinski definition) is 1. The lowest BCUT2D eigenvalue weighted by atomic mass is 9.97. The number of ether oxygens (including phenoxy) is 1. The van der Waals surface area contributed by atoms with Gasteiger partial charge in [-0.15, -0.1) is 0 Å². The number of esters is 1. The fourth-order valence-electron chi connectivity index (χ4n) is 2.18. The molecule has 0 bridgehead atoms. The van der Waals surface area contributed by atoms with Crippen molar-refractivity contribution in [2.24, 2.45) is 23.2 Å². The number of carbonyl (C=O) groups is 1. The summed E-state index contributed by atoms with van der Waals surface area (Å²) in [5.41, 5.74) is -0.425. The third-order valence-electron chi connectivity index (χ3n) is 3.62. The zero-order valence-corrected chi connectivity index (χ0v) is 11.7. The minimum Gasteiger partial charge on any atom is -0.465 e. The number of rotatable bonds is 5. The molecule has 17 heavy (non-hydrogen) atoms. The standard InChI is InChI=1S/C14H26O3/c1-6-12(15)11-7-10(11)9(2)8-17-13(16)14(3,4)5/h9-12,15H,6-8H2,1-5H3/t9-,10+,11+,12+/m1/s1. The molecule has 4 atom stereocenters. The van der Waals surface area contributed by atoms with Crippen LogP contribution in [0.25, 0.3) is 0 Å². The van der Waals surface area contributed by atoms with Gasteiger partial charge in [-0.1, -0.05) is 13.8 Å². The van der Waals surface area contributed by atoms with Crippen LogP contribution in [-0.2, 0) is 9.53 Å². The van der Waals surface area contributed by atoms with Crippen molar-refractivity contribution in [3.63, 3.8) is 0 Å². The van der Waals surface area contributed by atoms with Crippen LogP contribution in [0.15, 0.2) is 0 Å². The molecule has 3 heteroatoms. The molecule has 0 heterocycles. The van der Waals surface area contributed by atoms with Gasteiger partial charge in [-0.3, -0.25) is 4.79 Å². The summed E-state index contributed by atoms with van der Waals surface area (Å²) in [5.74, 6) is 1.16. The second-order valence-corrected chi connectivity index (χ2v) is 6.36. The Labute approximate surface area is 105 Å². The first kappa shape index (κ1) is 14.5. The van der Waals surface area contributed by atoms with Gasteiger partial charge < -0.3 is 9.84 Å². The van der Waals surface area contributed by atoms with Crippen LogP contribution in [0.3, 0.4) is 0 Å². The smallest absolute Gasteiger partial charge is 0.311 e. The highest BCUT2D eigenvalue weighted by molar-refractivity contribution is 5.75. The van der Waals surface area contributed by atoms with E-state index in [2.05, 4.69) is 6.92 Å². The van der Waals surface area contributed by atoms with Crippen molar-refractivity contribution in [2.75, 3.05) is 6.61 Å². The number of hydrogen-bond acceptors (Lipinski definition) is 3. The summed E-state index contributed by atoms with van der Waals surface area (Å²) in [6, 6.07) is 0. The Balaban J connectivity index is 2.28. The third kappa shape index (κ3) is 3.98. The van der Waals surface area contributed by atoms with Crippen molar-refractivity contribution in [3.05, 3.63) is 0 Å². The second kappa shape index (κ2) is 5.38. The Bertz CT molecular complexity index is 267. The molecule has 0 aliphatic heterocycles. The molecule has 0 unspecified atom stereocenters. The summed E-state index contributed by atoms with van der Waals surface area (Å²) in [4.78, 5) is 11.6. The average Bonchev–Trinajstić information content (AvgIpc) is 3.02. The number of aliphatic hydroxyl groups is 1. The van der Waals surface area contributed by atoms with Gasteiger partial charge in [-0.05, 0) is 51.4 Å². The first-order chi connectivity index (χ1) is 7.77. The highest BCUT2D eigenvalue weighted by atomic mass is 16.5. The molecule has 0 radical (unpaired) electrons. The van der Waals surface area contributed by atoms with Gasteiger partial charge in [0.15, 0.2) is 0 Å². The van der Waals surface area contributed by atoms with E-state index in [1.54, 1.807) is 0 Å². The average molecular weight is 242 g/mol. The number of aliphatic hydroxyl groups excluding tert-OH is 1. The molecule has 0 spiro atoms. The van der Waals surface area contributed by atoms with E-state index in [1.165, 1.54) is 0 Å². The Morgan fingerprint density at radius 3 is 2.47 bits per heavy atom. The summed E-state index contributed by atoms with van der Waals surface area (Å²) in [6.07, 6.45) is 1.71. The van der Waals surface area contributed by atoms with Crippen LogP contribution >= 0.6 is 0 Å². The van der Waals surface area contributed by atoms with Crippen molar-refractivity contribution >= 4 is 5.97 Å². The van der Waals surface area contributed by atoms with E-state index in [0.717, 1.165) is 12.8 Å². The summed E-state index contributed by atoms with van der Waals surface area (Å²) < 4.78 is 5.31. The van der Waals surface area contributed by atoms with Crippen LogP contribution in [-0.4, -0.2) is 23.8 Å². The van der Waals surface area contributed by atoms with Gasteiger partial charge in [0.25, 0.3) is 0 Å². The summed E-state index contributed by atoms with van der Waals surface area (Å²) in [7, 11) is 0. The maximum atomic E-state index is 11.6. The van der Waals surface area contributed by atoms with E-state index in [9.17, 15) is 9.90 Å². The molecule has 1 fully saturated rings. The van der Waals surface area contributed by atoms with Crippen molar-refractivity contribution in [3.8, 4) is 0 Å². The minimum atomic E-state index is -0.425. The van der Waals surface area contributed by atoms with Gasteiger partial charge in [0.1, 0.15) is 0 Å². The van der Waals surface area contributed by atoms with Crippen LogP contribution in [0, 0.1) is 23.2 Å². The molecular weight excluding hydrogens is 216 g/mol. The molecule has 0 aromatic heterocycles. The van der Waals surface area contributed by atoms with Gasteiger partial charge in [0.05, 0.1) is 18.1 Å². The third-order valence-corrected chi connectivity index (χ3v) is 3.62. The maximum Gasteiger partial charge on any atom is 0.311 e.